The number of rotatable bonds is 5. The van der Waals surface area contributed by atoms with Gasteiger partial charge in [0.05, 0.1) is 28.3 Å². The summed E-state index contributed by atoms with van der Waals surface area (Å²) >= 11 is 18.3. The van der Waals surface area contributed by atoms with E-state index in [4.69, 9.17) is 45.3 Å². The van der Waals surface area contributed by atoms with Gasteiger partial charge in [0.15, 0.2) is 0 Å². The van der Waals surface area contributed by atoms with E-state index in [0.29, 0.717) is 27.1 Å². The number of hydrogen-bond acceptors (Lipinski definition) is 3. The quantitative estimate of drug-likeness (QED) is 0.602. The van der Waals surface area contributed by atoms with Crippen molar-refractivity contribution >= 4 is 46.5 Å². The van der Waals surface area contributed by atoms with Gasteiger partial charge in [-0.2, -0.15) is 0 Å². The molecular formula is C14H18Cl3NO2. The van der Waals surface area contributed by atoms with Crippen LogP contribution in [-0.2, 0) is 9.53 Å². The van der Waals surface area contributed by atoms with E-state index in [0.717, 1.165) is 0 Å². The minimum atomic E-state index is -0.285. The Morgan fingerprint density at radius 2 is 1.90 bits per heavy atom. The molecule has 0 heterocycles. The molecule has 112 valence electrons. The van der Waals surface area contributed by atoms with Crippen LogP contribution in [0.1, 0.15) is 45.1 Å². The number of nitrogen functional groups attached to an aromatic ring is 1. The molecule has 0 fully saturated rings. The first kappa shape index (κ1) is 17.4. The zero-order valence-electron chi connectivity index (χ0n) is 11.7. The van der Waals surface area contributed by atoms with Crippen molar-refractivity contribution in [2.75, 3.05) is 5.73 Å². The Morgan fingerprint density at radius 3 is 2.40 bits per heavy atom. The Bertz CT molecular complexity index is 504. The zero-order chi connectivity index (χ0) is 15.4. The standard InChI is InChI=1S/C14H18Cl3NO2/c1-4-8(5-11(19)20-7(2)3)12-9(15)6-10(16)14(18)13(12)17/h6-8H,4-5,18H2,1-3H3. The number of hydrogen-bond donors (Lipinski definition) is 1. The van der Waals surface area contributed by atoms with Gasteiger partial charge < -0.3 is 10.5 Å². The van der Waals surface area contributed by atoms with E-state index in [9.17, 15) is 4.79 Å². The monoisotopic (exact) mass is 337 g/mol. The number of nitrogens with two attached hydrogens (primary N) is 1. The summed E-state index contributed by atoms with van der Waals surface area (Å²) in [6, 6.07) is 1.55. The highest BCUT2D eigenvalue weighted by Crippen LogP contribution is 2.42. The molecule has 1 atom stereocenters. The third-order valence-electron chi connectivity index (χ3n) is 2.92. The van der Waals surface area contributed by atoms with Crippen molar-refractivity contribution in [3.63, 3.8) is 0 Å². The van der Waals surface area contributed by atoms with E-state index >= 15 is 0 Å². The Labute approximate surface area is 134 Å². The van der Waals surface area contributed by atoms with Gasteiger partial charge in [0.1, 0.15) is 0 Å². The highest BCUT2D eigenvalue weighted by molar-refractivity contribution is 6.42. The Balaban J connectivity index is 3.07. The van der Waals surface area contributed by atoms with Crippen LogP contribution in [0, 0.1) is 0 Å². The zero-order valence-corrected chi connectivity index (χ0v) is 13.9. The van der Waals surface area contributed by atoms with Gasteiger partial charge in [0, 0.05) is 5.02 Å². The van der Waals surface area contributed by atoms with Crippen LogP contribution in [0.2, 0.25) is 15.1 Å². The largest absolute Gasteiger partial charge is 0.463 e. The van der Waals surface area contributed by atoms with E-state index in [1.54, 1.807) is 19.9 Å². The molecule has 0 aliphatic heterocycles. The predicted molar refractivity (Wildman–Crippen MR) is 84.8 cm³/mol. The molecule has 0 aliphatic carbocycles. The van der Waals surface area contributed by atoms with Crippen molar-refractivity contribution in [3.05, 3.63) is 26.7 Å². The van der Waals surface area contributed by atoms with Crippen molar-refractivity contribution < 1.29 is 9.53 Å². The fourth-order valence-electron chi connectivity index (χ4n) is 1.96. The molecule has 0 bridgehead atoms. The number of halogens is 3. The average Bonchev–Trinajstić information content (AvgIpc) is 2.33. The lowest BCUT2D eigenvalue weighted by Gasteiger charge is -2.20. The minimum Gasteiger partial charge on any atom is -0.463 e. The summed E-state index contributed by atoms with van der Waals surface area (Å²) in [5.74, 6) is -0.437. The van der Waals surface area contributed by atoms with Crippen molar-refractivity contribution in [2.45, 2.75) is 45.6 Å². The van der Waals surface area contributed by atoms with Gasteiger partial charge in [-0.05, 0) is 37.8 Å². The average molecular weight is 339 g/mol. The first-order valence-corrected chi connectivity index (χ1v) is 7.53. The Morgan fingerprint density at radius 1 is 1.30 bits per heavy atom. The highest BCUT2D eigenvalue weighted by Gasteiger charge is 2.23. The van der Waals surface area contributed by atoms with Gasteiger partial charge in [0.2, 0.25) is 0 Å². The Kier molecular flexibility index (Phi) is 6.44. The van der Waals surface area contributed by atoms with E-state index < -0.39 is 0 Å². The maximum Gasteiger partial charge on any atom is 0.306 e. The van der Waals surface area contributed by atoms with Crippen molar-refractivity contribution in [2.24, 2.45) is 0 Å². The smallest absolute Gasteiger partial charge is 0.306 e. The molecule has 0 radical (unpaired) electrons. The number of carbonyl (C=O) groups is 1. The van der Waals surface area contributed by atoms with Gasteiger partial charge in [-0.3, -0.25) is 4.79 Å². The lowest BCUT2D eigenvalue weighted by molar-refractivity contribution is -0.147. The van der Waals surface area contributed by atoms with Crippen LogP contribution in [0.4, 0.5) is 5.69 Å². The van der Waals surface area contributed by atoms with Gasteiger partial charge in [-0.1, -0.05) is 41.7 Å². The first-order chi connectivity index (χ1) is 9.27. The fourth-order valence-corrected chi connectivity index (χ4v) is 3.03. The molecule has 0 saturated carbocycles. The normalized spacial score (nSPS) is 12.6. The summed E-state index contributed by atoms with van der Waals surface area (Å²) in [7, 11) is 0. The first-order valence-electron chi connectivity index (χ1n) is 6.40. The van der Waals surface area contributed by atoms with Gasteiger partial charge in [0.25, 0.3) is 0 Å². The van der Waals surface area contributed by atoms with E-state index in [2.05, 4.69) is 0 Å². The molecule has 1 rings (SSSR count). The topological polar surface area (TPSA) is 52.3 Å². The van der Waals surface area contributed by atoms with Crippen molar-refractivity contribution in [3.8, 4) is 0 Å². The predicted octanol–water partition coefficient (Wildman–Crippen LogP) is 5.06. The van der Waals surface area contributed by atoms with E-state index in [-0.39, 0.29) is 30.1 Å². The van der Waals surface area contributed by atoms with E-state index in [1.165, 1.54) is 0 Å². The maximum absolute atomic E-state index is 11.8. The van der Waals surface area contributed by atoms with Crippen molar-refractivity contribution in [1.82, 2.24) is 0 Å². The van der Waals surface area contributed by atoms with Gasteiger partial charge in [-0.15, -0.1) is 0 Å². The highest BCUT2D eigenvalue weighted by atomic mass is 35.5. The summed E-state index contributed by atoms with van der Waals surface area (Å²) < 4.78 is 5.16. The number of ether oxygens (including phenoxy) is 1. The number of anilines is 1. The van der Waals surface area contributed by atoms with Gasteiger partial charge in [-0.25, -0.2) is 0 Å². The van der Waals surface area contributed by atoms with E-state index in [1.807, 2.05) is 6.92 Å². The summed E-state index contributed by atoms with van der Waals surface area (Å²) in [6.07, 6.45) is 0.740. The summed E-state index contributed by atoms with van der Waals surface area (Å²) in [5.41, 5.74) is 6.75. The molecule has 2 N–H and O–H groups in total. The lowest BCUT2D eigenvalue weighted by Crippen LogP contribution is -2.15. The van der Waals surface area contributed by atoms with Crippen LogP contribution in [0.15, 0.2) is 6.07 Å². The third kappa shape index (κ3) is 4.18. The second kappa shape index (κ2) is 7.39. The molecule has 3 nitrogen and oxygen atoms in total. The third-order valence-corrected chi connectivity index (χ3v) is 3.95. The second-order valence-electron chi connectivity index (χ2n) is 4.83. The summed E-state index contributed by atoms with van der Waals surface area (Å²) in [5, 5.41) is 1.04. The number of carbonyl (C=O) groups excluding carboxylic acids is 1. The number of benzene rings is 1. The molecular weight excluding hydrogens is 321 g/mol. The summed E-state index contributed by atoms with van der Waals surface area (Å²) in [6.45, 7) is 5.56. The molecule has 0 aliphatic rings. The minimum absolute atomic E-state index is 0.152. The van der Waals surface area contributed by atoms with Crippen LogP contribution >= 0.6 is 34.8 Å². The van der Waals surface area contributed by atoms with Crippen LogP contribution in [0.25, 0.3) is 0 Å². The molecule has 0 aromatic heterocycles. The maximum atomic E-state index is 11.8. The molecule has 6 heteroatoms. The fraction of sp³-hybridized carbons (Fsp3) is 0.500. The lowest BCUT2D eigenvalue weighted by atomic mass is 9.92. The molecule has 0 spiro atoms. The van der Waals surface area contributed by atoms with Crippen LogP contribution in [0.5, 0.6) is 0 Å². The SMILES string of the molecule is CCC(CC(=O)OC(C)C)c1c(Cl)cc(Cl)c(N)c1Cl. The van der Waals surface area contributed by atoms with Crippen LogP contribution in [-0.4, -0.2) is 12.1 Å². The molecule has 1 aromatic carbocycles. The van der Waals surface area contributed by atoms with Crippen LogP contribution in [0.3, 0.4) is 0 Å². The second-order valence-corrected chi connectivity index (χ2v) is 6.02. The Hall–Kier alpha value is -0.640. The molecule has 1 aromatic rings. The number of esters is 1. The summed E-state index contributed by atoms with van der Waals surface area (Å²) in [4.78, 5) is 11.8. The molecule has 1 unspecified atom stereocenters. The van der Waals surface area contributed by atoms with Crippen molar-refractivity contribution in [1.29, 1.82) is 0 Å². The molecule has 0 amide bonds. The molecule has 0 saturated heterocycles. The van der Waals surface area contributed by atoms with Gasteiger partial charge >= 0.3 is 5.97 Å². The molecule has 20 heavy (non-hydrogen) atoms. The van der Waals surface area contributed by atoms with Crippen LogP contribution < -0.4 is 5.73 Å².